The number of carbonyl (C=O) groups excluding carboxylic acids is 1. The highest BCUT2D eigenvalue weighted by atomic mass is 35.5. The number of carbonyl (C=O) groups is 1. The minimum absolute atomic E-state index is 0.259. The van der Waals surface area contributed by atoms with Crippen LogP contribution in [-0.2, 0) is 21.2 Å². The second-order valence-electron chi connectivity index (χ2n) is 6.29. The Morgan fingerprint density at radius 3 is 2.39 bits per heavy atom. The van der Waals surface area contributed by atoms with Crippen LogP contribution in [0.15, 0.2) is 47.4 Å². The zero-order valence-electron chi connectivity index (χ0n) is 15.0. The van der Waals surface area contributed by atoms with E-state index in [1.165, 1.54) is 10.4 Å². The van der Waals surface area contributed by atoms with Crippen molar-refractivity contribution in [2.24, 2.45) is 0 Å². The number of rotatable bonds is 6. The van der Waals surface area contributed by atoms with Crippen molar-refractivity contribution in [2.45, 2.75) is 11.3 Å². The smallest absolute Gasteiger partial charge is 0.252 e. The van der Waals surface area contributed by atoms with Gasteiger partial charge in [-0.25, -0.2) is 8.42 Å². The number of sulfonamides is 1. The Labute approximate surface area is 174 Å². The highest BCUT2D eigenvalue weighted by Gasteiger charge is 2.26. The van der Waals surface area contributed by atoms with Crippen LogP contribution in [0.25, 0.3) is 0 Å². The maximum absolute atomic E-state index is 12.6. The lowest BCUT2D eigenvalue weighted by molar-refractivity contribution is 0.0730. The molecule has 1 amide bonds. The molecule has 0 aliphatic carbocycles. The number of benzene rings is 2. The second kappa shape index (κ2) is 9.24. The molecule has 1 fully saturated rings. The summed E-state index contributed by atoms with van der Waals surface area (Å²) < 4.78 is 31.8. The number of halogens is 2. The van der Waals surface area contributed by atoms with Crippen molar-refractivity contribution in [3.63, 3.8) is 0 Å². The Bertz CT molecular complexity index is 943. The molecule has 1 heterocycles. The molecule has 6 nitrogen and oxygen atoms in total. The van der Waals surface area contributed by atoms with E-state index in [0.29, 0.717) is 54.9 Å². The first kappa shape index (κ1) is 21.1. The third-order valence-corrected chi connectivity index (χ3v) is 6.87. The molecule has 0 spiro atoms. The Morgan fingerprint density at radius 2 is 1.75 bits per heavy atom. The molecule has 9 heteroatoms. The number of amides is 1. The SMILES string of the molecule is O=C(NCCc1ccc(S(=O)(=O)N2CCOCC2)cc1)c1ccc(Cl)cc1Cl. The molecule has 0 bridgehead atoms. The molecular formula is C19H20Cl2N2O4S. The second-order valence-corrected chi connectivity index (χ2v) is 9.07. The van der Waals surface area contributed by atoms with E-state index in [2.05, 4.69) is 5.32 Å². The summed E-state index contributed by atoms with van der Waals surface area (Å²) in [7, 11) is -3.50. The summed E-state index contributed by atoms with van der Waals surface area (Å²) in [6.07, 6.45) is 0.564. The van der Waals surface area contributed by atoms with E-state index < -0.39 is 10.0 Å². The lowest BCUT2D eigenvalue weighted by Crippen LogP contribution is -2.40. The number of ether oxygens (including phenoxy) is 1. The van der Waals surface area contributed by atoms with Gasteiger partial charge >= 0.3 is 0 Å². The van der Waals surface area contributed by atoms with Crippen LogP contribution < -0.4 is 5.32 Å². The first-order valence-corrected chi connectivity index (χ1v) is 11.0. The van der Waals surface area contributed by atoms with Crippen LogP contribution in [0.2, 0.25) is 10.0 Å². The van der Waals surface area contributed by atoms with Crippen LogP contribution in [0, 0.1) is 0 Å². The van der Waals surface area contributed by atoms with Crippen molar-refractivity contribution >= 4 is 39.1 Å². The van der Waals surface area contributed by atoms with Gasteiger partial charge in [-0.15, -0.1) is 0 Å². The van der Waals surface area contributed by atoms with Crippen molar-refractivity contribution in [1.82, 2.24) is 9.62 Å². The fourth-order valence-electron chi connectivity index (χ4n) is 2.85. The van der Waals surface area contributed by atoms with E-state index >= 15 is 0 Å². The summed E-state index contributed by atoms with van der Waals surface area (Å²) in [6.45, 7) is 1.95. The molecule has 150 valence electrons. The third-order valence-electron chi connectivity index (χ3n) is 4.41. The highest BCUT2D eigenvalue weighted by molar-refractivity contribution is 7.89. The molecule has 0 unspecified atom stereocenters. The van der Waals surface area contributed by atoms with Crippen molar-refractivity contribution < 1.29 is 17.9 Å². The van der Waals surface area contributed by atoms with Crippen LogP contribution in [0.5, 0.6) is 0 Å². The molecule has 1 N–H and O–H groups in total. The van der Waals surface area contributed by atoms with Gasteiger partial charge in [0.15, 0.2) is 0 Å². The lowest BCUT2D eigenvalue weighted by atomic mass is 10.1. The molecule has 0 radical (unpaired) electrons. The number of hydrogen-bond acceptors (Lipinski definition) is 4. The highest BCUT2D eigenvalue weighted by Crippen LogP contribution is 2.21. The molecule has 1 aliphatic heterocycles. The largest absolute Gasteiger partial charge is 0.379 e. The fraction of sp³-hybridized carbons (Fsp3) is 0.316. The predicted octanol–water partition coefficient (Wildman–Crippen LogP) is 2.99. The molecule has 2 aromatic carbocycles. The summed E-state index contributed by atoms with van der Waals surface area (Å²) in [5.41, 5.74) is 1.28. The van der Waals surface area contributed by atoms with Crippen molar-refractivity contribution in [3.8, 4) is 0 Å². The van der Waals surface area contributed by atoms with Gasteiger partial charge in [0.1, 0.15) is 0 Å². The molecule has 2 aromatic rings. The number of nitrogens with one attached hydrogen (secondary N) is 1. The zero-order valence-corrected chi connectivity index (χ0v) is 17.4. The van der Waals surface area contributed by atoms with E-state index in [-0.39, 0.29) is 10.8 Å². The monoisotopic (exact) mass is 442 g/mol. The minimum atomic E-state index is -3.50. The van der Waals surface area contributed by atoms with Gasteiger partial charge in [0.25, 0.3) is 5.91 Å². The summed E-state index contributed by atoms with van der Waals surface area (Å²) in [4.78, 5) is 12.5. The van der Waals surface area contributed by atoms with Crippen LogP contribution in [-0.4, -0.2) is 51.5 Å². The van der Waals surface area contributed by atoms with Crippen molar-refractivity contribution in [3.05, 3.63) is 63.6 Å². The Morgan fingerprint density at radius 1 is 1.07 bits per heavy atom. The first-order valence-electron chi connectivity index (χ1n) is 8.78. The molecule has 0 aromatic heterocycles. The van der Waals surface area contributed by atoms with Gasteiger partial charge in [-0.1, -0.05) is 35.3 Å². The van der Waals surface area contributed by atoms with Gasteiger partial charge in [-0.05, 0) is 42.3 Å². The first-order chi connectivity index (χ1) is 13.4. The summed E-state index contributed by atoms with van der Waals surface area (Å²) in [6, 6.07) is 11.4. The van der Waals surface area contributed by atoms with E-state index in [1.807, 2.05) is 0 Å². The van der Waals surface area contributed by atoms with Crippen LogP contribution in [0.3, 0.4) is 0 Å². The number of hydrogen-bond donors (Lipinski definition) is 1. The number of nitrogens with zero attached hydrogens (tertiary/aromatic N) is 1. The van der Waals surface area contributed by atoms with Crippen LogP contribution >= 0.6 is 23.2 Å². The zero-order chi connectivity index (χ0) is 20.1. The maximum atomic E-state index is 12.6. The minimum Gasteiger partial charge on any atom is -0.379 e. The molecule has 3 rings (SSSR count). The third kappa shape index (κ3) is 5.04. The lowest BCUT2D eigenvalue weighted by Gasteiger charge is -2.26. The molecule has 0 atom stereocenters. The van der Waals surface area contributed by atoms with Crippen LogP contribution in [0.4, 0.5) is 0 Å². The molecule has 1 aliphatic rings. The van der Waals surface area contributed by atoms with E-state index in [4.69, 9.17) is 27.9 Å². The van der Waals surface area contributed by atoms with Gasteiger partial charge in [-0.2, -0.15) is 4.31 Å². The van der Waals surface area contributed by atoms with Crippen molar-refractivity contribution in [2.75, 3.05) is 32.8 Å². The summed E-state index contributed by atoms with van der Waals surface area (Å²) in [5.74, 6) is -0.284. The molecule has 28 heavy (non-hydrogen) atoms. The summed E-state index contributed by atoms with van der Waals surface area (Å²) >= 11 is 11.9. The quantitative estimate of drug-likeness (QED) is 0.745. The fourth-order valence-corrected chi connectivity index (χ4v) is 4.76. The molecule has 0 saturated carbocycles. The normalized spacial score (nSPS) is 15.4. The maximum Gasteiger partial charge on any atom is 0.252 e. The van der Waals surface area contributed by atoms with Crippen molar-refractivity contribution in [1.29, 1.82) is 0 Å². The van der Waals surface area contributed by atoms with Gasteiger partial charge in [0, 0.05) is 24.7 Å². The molecule has 1 saturated heterocycles. The molecular weight excluding hydrogens is 423 g/mol. The Kier molecular flexibility index (Phi) is 6.95. The van der Waals surface area contributed by atoms with Crippen LogP contribution in [0.1, 0.15) is 15.9 Å². The predicted molar refractivity (Wildman–Crippen MR) is 109 cm³/mol. The summed E-state index contributed by atoms with van der Waals surface area (Å²) in [5, 5.41) is 3.56. The van der Waals surface area contributed by atoms with E-state index in [0.717, 1.165) is 5.56 Å². The van der Waals surface area contributed by atoms with Gasteiger partial charge in [0.2, 0.25) is 10.0 Å². The van der Waals surface area contributed by atoms with Gasteiger partial charge in [-0.3, -0.25) is 4.79 Å². The average Bonchev–Trinajstić information content (AvgIpc) is 2.69. The van der Waals surface area contributed by atoms with E-state index in [9.17, 15) is 13.2 Å². The topological polar surface area (TPSA) is 75.7 Å². The standard InChI is InChI=1S/C19H20Cl2N2O4S/c20-15-3-6-17(18(21)13-15)19(24)22-8-7-14-1-4-16(5-2-14)28(25,26)23-9-11-27-12-10-23/h1-6,13H,7-12H2,(H,22,24). The Hall–Kier alpha value is -1.64. The van der Waals surface area contributed by atoms with E-state index in [1.54, 1.807) is 36.4 Å². The van der Waals surface area contributed by atoms with Gasteiger partial charge < -0.3 is 10.1 Å². The Balaban J connectivity index is 1.56. The average molecular weight is 443 g/mol. The van der Waals surface area contributed by atoms with Gasteiger partial charge in [0.05, 0.1) is 28.7 Å². The number of morpholine rings is 1.